The predicted octanol–water partition coefficient (Wildman–Crippen LogP) is 1.31. The number of benzene rings is 1. The summed E-state index contributed by atoms with van der Waals surface area (Å²) in [5.41, 5.74) is 0.735. The van der Waals surface area contributed by atoms with Gasteiger partial charge in [0.05, 0.1) is 10.9 Å². The van der Waals surface area contributed by atoms with E-state index in [0.717, 1.165) is 24.8 Å². The van der Waals surface area contributed by atoms with Crippen LogP contribution in [0.2, 0.25) is 0 Å². The van der Waals surface area contributed by atoms with Crippen LogP contribution in [0.4, 0.5) is 0 Å². The Balaban J connectivity index is 2.10. The lowest BCUT2D eigenvalue weighted by atomic mass is 9.84. The van der Waals surface area contributed by atoms with Crippen LogP contribution in [0.15, 0.2) is 29.2 Å². The monoisotopic (exact) mass is 282 g/mol. The zero-order valence-corrected chi connectivity index (χ0v) is 11.6. The number of sulfonamides is 1. The van der Waals surface area contributed by atoms with E-state index in [1.54, 1.807) is 12.1 Å². The summed E-state index contributed by atoms with van der Waals surface area (Å²) in [7, 11) is -3.71. The van der Waals surface area contributed by atoms with E-state index in [-0.39, 0.29) is 22.8 Å². The van der Waals surface area contributed by atoms with Crippen molar-refractivity contribution in [2.75, 3.05) is 0 Å². The Morgan fingerprint density at radius 3 is 2.63 bits per heavy atom. The summed E-state index contributed by atoms with van der Waals surface area (Å²) >= 11 is 0. The minimum atomic E-state index is -3.71. The van der Waals surface area contributed by atoms with Crippen LogP contribution in [-0.2, 0) is 14.8 Å². The SMILES string of the molecule is CC(NC(=O)C1CCC1)c1cccc(S(N)(=O)=O)c1. The number of nitrogens with two attached hydrogens (primary N) is 1. The van der Waals surface area contributed by atoms with Crippen LogP contribution in [0.5, 0.6) is 0 Å². The van der Waals surface area contributed by atoms with Gasteiger partial charge in [-0.2, -0.15) is 0 Å². The van der Waals surface area contributed by atoms with Crippen molar-refractivity contribution in [1.82, 2.24) is 5.32 Å². The molecule has 0 saturated heterocycles. The molecule has 1 atom stereocenters. The summed E-state index contributed by atoms with van der Waals surface area (Å²) in [6, 6.07) is 6.12. The second kappa shape index (κ2) is 5.30. The van der Waals surface area contributed by atoms with Gasteiger partial charge < -0.3 is 5.32 Å². The topological polar surface area (TPSA) is 89.3 Å². The Hall–Kier alpha value is -1.40. The number of nitrogens with one attached hydrogen (secondary N) is 1. The Bertz CT molecular complexity index is 579. The van der Waals surface area contributed by atoms with Crippen molar-refractivity contribution in [1.29, 1.82) is 0 Å². The molecule has 1 aromatic rings. The third-order valence-corrected chi connectivity index (χ3v) is 4.43. The molecule has 0 radical (unpaired) electrons. The van der Waals surface area contributed by atoms with Crippen LogP contribution >= 0.6 is 0 Å². The van der Waals surface area contributed by atoms with E-state index in [1.165, 1.54) is 12.1 Å². The van der Waals surface area contributed by atoms with Gasteiger partial charge in [-0.15, -0.1) is 0 Å². The molecule has 3 N–H and O–H groups in total. The molecular weight excluding hydrogens is 264 g/mol. The highest BCUT2D eigenvalue weighted by atomic mass is 32.2. The first-order chi connectivity index (χ1) is 8.88. The van der Waals surface area contributed by atoms with Gasteiger partial charge in [-0.1, -0.05) is 18.6 Å². The number of hydrogen-bond acceptors (Lipinski definition) is 3. The van der Waals surface area contributed by atoms with Gasteiger partial charge in [0.2, 0.25) is 15.9 Å². The van der Waals surface area contributed by atoms with Gasteiger partial charge in [-0.3, -0.25) is 4.79 Å². The third kappa shape index (κ3) is 3.33. The van der Waals surface area contributed by atoms with Crippen LogP contribution in [0.1, 0.15) is 37.8 Å². The maximum absolute atomic E-state index is 11.8. The van der Waals surface area contributed by atoms with Crippen LogP contribution in [-0.4, -0.2) is 14.3 Å². The van der Waals surface area contributed by atoms with Gasteiger partial charge in [0, 0.05) is 5.92 Å². The van der Waals surface area contributed by atoms with Crippen LogP contribution in [0.3, 0.4) is 0 Å². The van der Waals surface area contributed by atoms with E-state index in [0.29, 0.717) is 0 Å². The number of carbonyl (C=O) groups is 1. The molecule has 1 aliphatic rings. The molecule has 0 bridgehead atoms. The van der Waals surface area contributed by atoms with E-state index in [1.807, 2.05) is 6.92 Å². The Kier molecular flexibility index (Phi) is 3.91. The van der Waals surface area contributed by atoms with Crippen molar-refractivity contribution in [2.45, 2.75) is 37.1 Å². The van der Waals surface area contributed by atoms with E-state index in [2.05, 4.69) is 5.32 Å². The molecule has 1 aliphatic carbocycles. The normalized spacial score (nSPS) is 17.6. The number of rotatable bonds is 4. The fraction of sp³-hybridized carbons (Fsp3) is 0.462. The lowest BCUT2D eigenvalue weighted by Crippen LogP contribution is -2.36. The largest absolute Gasteiger partial charge is 0.349 e. The van der Waals surface area contributed by atoms with Crippen molar-refractivity contribution < 1.29 is 13.2 Å². The highest BCUT2D eigenvalue weighted by Crippen LogP contribution is 2.27. The Labute approximate surface area is 113 Å². The fourth-order valence-corrected chi connectivity index (χ4v) is 2.61. The molecule has 1 aromatic carbocycles. The van der Waals surface area contributed by atoms with Gasteiger partial charge in [0.15, 0.2) is 0 Å². The smallest absolute Gasteiger partial charge is 0.238 e. The molecule has 1 saturated carbocycles. The molecule has 19 heavy (non-hydrogen) atoms. The lowest BCUT2D eigenvalue weighted by Gasteiger charge is -2.26. The van der Waals surface area contributed by atoms with E-state index < -0.39 is 10.0 Å². The van der Waals surface area contributed by atoms with E-state index in [4.69, 9.17) is 5.14 Å². The van der Waals surface area contributed by atoms with Crippen molar-refractivity contribution >= 4 is 15.9 Å². The molecular formula is C13H18N2O3S. The molecule has 2 rings (SSSR count). The van der Waals surface area contributed by atoms with Crippen molar-refractivity contribution in [3.63, 3.8) is 0 Å². The maximum atomic E-state index is 11.8. The van der Waals surface area contributed by atoms with Crippen molar-refractivity contribution in [2.24, 2.45) is 11.1 Å². The molecule has 5 nitrogen and oxygen atoms in total. The fourth-order valence-electron chi connectivity index (χ4n) is 2.05. The minimum absolute atomic E-state index is 0.0414. The van der Waals surface area contributed by atoms with E-state index in [9.17, 15) is 13.2 Å². The van der Waals surface area contributed by atoms with Gasteiger partial charge in [-0.05, 0) is 37.5 Å². The average Bonchev–Trinajstić information content (AvgIpc) is 2.25. The van der Waals surface area contributed by atoms with Crippen LogP contribution in [0.25, 0.3) is 0 Å². The first kappa shape index (κ1) is 14.0. The lowest BCUT2D eigenvalue weighted by molar-refractivity contribution is -0.128. The molecule has 104 valence electrons. The maximum Gasteiger partial charge on any atom is 0.238 e. The van der Waals surface area contributed by atoms with Gasteiger partial charge in [0.25, 0.3) is 0 Å². The van der Waals surface area contributed by atoms with Gasteiger partial charge in [0.1, 0.15) is 0 Å². The minimum Gasteiger partial charge on any atom is -0.349 e. The number of amides is 1. The summed E-state index contributed by atoms with van der Waals surface area (Å²) in [6.07, 6.45) is 2.99. The molecule has 0 aliphatic heterocycles. The Morgan fingerprint density at radius 2 is 2.11 bits per heavy atom. The molecule has 1 fully saturated rings. The van der Waals surface area contributed by atoms with E-state index >= 15 is 0 Å². The second-order valence-corrected chi connectivity index (χ2v) is 6.54. The zero-order valence-electron chi connectivity index (χ0n) is 10.8. The first-order valence-corrected chi connectivity index (χ1v) is 7.85. The predicted molar refractivity (Wildman–Crippen MR) is 71.7 cm³/mol. The molecule has 6 heteroatoms. The molecule has 1 amide bonds. The summed E-state index contributed by atoms with van der Waals surface area (Å²) in [5.74, 6) is 0.156. The third-order valence-electron chi connectivity index (χ3n) is 3.52. The zero-order chi connectivity index (χ0) is 14.0. The van der Waals surface area contributed by atoms with Crippen LogP contribution < -0.4 is 10.5 Å². The average molecular weight is 282 g/mol. The summed E-state index contributed by atoms with van der Waals surface area (Å²) < 4.78 is 22.6. The molecule has 0 spiro atoms. The highest BCUT2D eigenvalue weighted by molar-refractivity contribution is 7.89. The highest BCUT2D eigenvalue weighted by Gasteiger charge is 2.26. The van der Waals surface area contributed by atoms with Crippen molar-refractivity contribution in [3.05, 3.63) is 29.8 Å². The summed E-state index contributed by atoms with van der Waals surface area (Å²) in [4.78, 5) is 11.9. The quantitative estimate of drug-likeness (QED) is 0.872. The van der Waals surface area contributed by atoms with Crippen LogP contribution in [0, 0.1) is 5.92 Å². The number of hydrogen-bond donors (Lipinski definition) is 2. The second-order valence-electron chi connectivity index (χ2n) is 4.98. The van der Waals surface area contributed by atoms with Gasteiger partial charge >= 0.3 is 0 Å². The molecule has 0 heterocycles. The molecule has 0 aromatic heterocycles. The number of carbonyl (C=O) groups excluding carboxylic acids is 1. The Morgan fingerprint density at radius 1 is 1.42 bits per heavy atom. The van der Waals surface area contributed by atoms with Crippen molar-refractivity contribution in [3.8, 4) is 0 Å². The standard InChI is InChI=1S/C13H18N2O3S/c1-9(15-13(16)10-4-2-5-10)11-6-3-7-12(8-11)19(14,17)18/h3,6-10H,2,4-5H2,1H3,(H,15,16)(H2,14,17,18). The van der Waals surface area contributed by atoms with Gasteiger partial charge in [-0.25, -0.2) is 13.6 Å². The summed E-state index contributed by atoms with van der Waals surface area (Å²) in [5, 5.41) is 7.99. The number of primary sulfonamides is 1. The summed E-state index contributed by atoms with van der Waals surface area (Å²) in [6.45, 7) is 1.83. The first-order valence-electron chi connectivity index (χ1n) is 6.31. The molecule has 1 unspecified atom stereocenters.